The van der Waals surface area contributed by atoms with Crippen molar-refractivity contribution in [2.45, 2.75) is 62.6 Å². The predicted molar refractivity (Wildman–Crippen MR) is 118 cm³/mol. The fraction of sp³-hybridized carbons (Fsp3) is 0.520. The molecule has 4 atom stereocenters. The molecule has 0 spiro atoms. The van der Waals surface area contributed by atoms with Gasteiger partial charge in [0.15, 0.2) is 0 Å². The number of hydrogen-bond donors (Lipinski definition) is 1. The van der Waals surface area contributed by atoms with Crippen LogP contribution in [0.4, 0.5) is 26.3 Å². The Morgan fingerprint density at radius 3 is 2.09 bits per heavy atom. The second-order valence-corrected chi connectivity index (χ2v) is 9.12. The molecule has 188 valence electrons. The van der Waals surface area contributed by atoms with Gasteiger partial charge in [0.1, 0.15) is 0 Å². The molecule has 2 heterocycles. The Morgan fingerprint density at radius 1 is 0.971 bits per heavy atom. The molecule has 2 bridgehead atoms. The van der Waals surface area contributed by atoms with E-state index in [4.69, 9.17) is 10.5 Å². The highest BCUT2D eigenvalue weighted by Gasteiger charge is 2.40. The molecule has 0 amide bonds. The zero-order chi connectivity index (χ0) is 25.1. The van der Waals surface area contributed by atoms with Crippen LogP contribution >= 0.6 is 0 Å². The monoisotopic (exact) mass is 488 g/mol. The molecular formula is C25H30F6N2O. The lowest BCUT2D eigenvalue weighted by molar-refractivity contribution is -0.143. The molecule has 1 unspecified atom stereocenters. The summed E-state index contributed by atoms with van der Waals surface area (Å²) in [5.41, 5.74) is 5.14. The van der Waals surface area contributed by atoms with Gasteiger partial charge in [0.25, 0.3) is 0 Å². The first-order chi connectivity index (χ1) is 15.8. The molecule has 3 nitrogen and oxygen atoms in total. The third kappa shape index (κ3) is 6.52. The summed E-state index contributed by atoms with van der Waals surface area (Å²) in [5.74, 6) is 0. The average molecular weight is 489 g/mol. The van der Waals surface area contributed by atoms with Crippen LogP contribution in [0.15, 0.2) is 48.5 Å². The SMILES string of the molecule is CO[C@H](C)c1cc(C(F)(F)F)cc(C(F)(F)F)c1.N[C@]12CCCN(C1)[C@H](c1ccccc1)CC2. The number of rotatable bonds is 3. The highest BCUT2D eigenvalue weighted by molar-refractivity contribution is 5.34. The normalized spacial score (nSPS) is 25.8. The number of halogens is 6. The maximum absolute atomic E-state index is 12.5. The van der Waals surface area contributed by atoms with Gasteiger partial charge in [-0.25, -0.2) is 0 Å². The number of fused-ring (bicyclic) bond motifs is 2. The van der Waals surface area contributed by atoms with Crippen molar-refractivity contribution in [3.05, 3.63) is 70.8 Å². The summed E-state index contributed by atoms with van der Waals surface area (Å²) in [6.45, 7) is 3.68. The third-order valence-electron chi connectivity index (χ3n) is 6.61. The van der Waals surface area contributed by atoms with Crippen molar-refractivity contribution in [1.29, 1.82) is 0 Å². The van der Waals surface area contributed by atoms with Gasteiger partial charge in [-0.15, -0.1) is 0 Å². The molecule has 0 radical (unpaired) electrons. The molecule has 2 aromatic carbocycles. The van der Waals surface area contributed by atoms with E-state index in [0.29, 0.717) is 18.2 Å². The van der Waals surface area contributed by atoms with Gasteiger partial charge >= 0.3 is 12.4 Å². The smallest absolute Gasteiger partial charge is 0.377 e. The number of nitrogens with two attached hydrogens (primary N) is 1. The van der Waals surface area contributed by atoms with Crippen LogP contribution in [0.3, 0.4) is 0 Å². The molecule has 2 aromatic rings. The Morgan fingerprint density at radius 2 is 1.56 bits per heavy atom. The van der Waals surface area contributed by atoms with Crippen molar-refractivity contribution >= 4 is 0 Å². The van der Waals surface area contributed by atoms with Crippen molar-refractivity contribution in [2.75, 3.05) is 20.2 Å². The molecule has 0 saturated carbocycles. The molecule has 4 rings (SSSR count). The van der Waals surface area contributed by atoms with E-state index in [-0.39, 0.29) is 17.2 Å². The van der Waals surface area contributed by atoms with Crippen LogP contribution in [0.1, 0.15) is 67.0 Å². The minimum absolute atomic E-state index is 0.0892. The summed E-state index contributed by atoms with van der Waals surface area (Å²) < 4.78 is 79.7. The van der Waals surface area contributed by atoms with E-state index in [2.05, 4.69) is 35.2 Å². The lowest BCUT2D eigenvalue weighted by atomic mass is 9.78. The molecule has 2 aliphatic heterocycles. The Labute approximate surface area is 195 Å². The fourth-order valence-electron chi connectivity index (χ4n) is 4.68. The van der Waals surface area contributed by atoms with Gasteiger partial charge in [-0.3, -0.25) is 4.90 Å². The number of piperidine rings is 2. The number of nitrogens with zero attached hydrogens (tertiary/aromatic N) is 1. The number of hydrogen-bond acceptors (Lipinski definition) is 3. The van der Waals surface area contributed by atoms with Crippen LogP contribution in [-0.2, 0) is 17.1 Å². The molecule has 9 heteroatoms. The first kappa shape index (κ1) is 26.5. The minimum Gasteiger partial charge on any atom is -0.377 e. The summed E-state index contributed by atoms with van der Waals surface area (Å²) in [4.78, 5) is 2.59. The molecule has 0 aromatic heterocycles. The minimum atomic E-state index is -4.83. The zero-order valence-corrected chi connectivity index (χ0v) is 19.2. The van der Waals surface area contributed by atoms with Gasteiger partial charge in [0.2, 0.25) is 0 Å². The molecule has 2 aliphatic rings. The fourth-order valence-corrected chi connectivity index (χ4v) is 4.68. The first-order valence-electron chi connectivity index (χ1n) is 11.2. The number of alkyl halides is 6. The Balaban J connectivity index is 0.000000191. The second-order valence-electron chi connectivity index (χ2n) is 9.12. The topological polar surface area (TPSA) is 38.5 Å². The van der Waals surface area contributed by atoms with Crippen LogP contribution in [0, 0.1) is 0 Å². The van der Waals surface area contributed by atoms with Gasteiger partial charge in [-0.05, 0) is 68.5 Å². The van der Waals surface area contributed by atoms with Crippen LogP contribution in [0.25, 0.3) is 0 Å². The van der Waals surface area contributed by atoms with Gasteiger partial charge in [0, 0.05) is 25.2 Å². The largest absolute Gasteiger partial charge is 0.416 e. The molecular weight excluding hydrogens is 458 g/mol. The van der Waals surface area contributed by atoms with E-state index in [1.165, 1.54) is 51.8 Å². The van der Waals surface area contributed by atoms with Crippen LogP contribution in [-0.4, -0.2) is 30.6 Å². The quantitative estimate of drug-likeness (QED) is 0.486. The second kappa shape index (κ2) is 10.3. The van der Waals surface area contributed by atoms with E-state index < -0.39 is 29.6 Å². The molecule has 34 heavy (non-hydrogen) atoms. The van der Waals surface area contributed by atoms with Gasteiger partial charge in [-0.1, -0.05) is 30.3 Å². The summed E-state index contributed by atoms with van der Waals surface area (Å²) in [6.07, 6.45) is -5.63. The number of benzene rings is 2. The Hall–Kier alpha value is -2.10. The van der Waals surface area contributed by atoms with E-state index >= 15 is 0 Å². The standard InChI is InChI=1S/C14H20N2.C11H10F6O/c15-14-8-4-10-16(11-14)13(7-9-14)12-5-2-1-3-6-12;1-6(18-2)7-3-8(10(12,13)14)5-9(4-7)11(15,16)17/h1-3,5-6,13H,4,7-11,15H2;3-6H,1-2H3/t13-,14-;6-/m01/s1. The lowest BCUT2D eigenvalue weighted by Gasteiger charge is -2.49. The third-order valence-corrected chi connectivity index (χ3v) is 6.61. The van der Waals surface area contributed by atoms with Gasteiger partial charge in [0.05, 0.1) is 17.2 Å². The maximum atomic E-state index is 12.5. The van der Waals surface area contributed by atoms with Crippen molar-refractivity contribution in [3.63, 3.8) is 0 Å². The Bertz CT molecular complexity index is 914. The van der Waals surface area contributed by atoms with Gasteiger partial charge < -0.3 is 10.5 Å². The van der Waals surface area contributed by atoms with Crippen LogP contribution in [0.2, 0.25) is 0 Å². The lowest BCUT2D eigenvalue weighted by Crippen LogP contribution is -2.58. The Kier molecular flexibility index (Phi) is 7.99. The average Bonchev–Trinajstić information content (AvgIpc) is 2.78. The van der Waals surface area contributed by atoms with Crippen molar-refractivity contribution in [1.82, 2.24) is 4.90 Å². The highest BCUT2D eigenvalue weighted by atomic mass is 19.4. The highest BCUT2D eigenvalue weighted by Crippen LogP contribution is 2.39. The molecule has 0 aliphatic carbocycles. The van der Waals surface area contributed by atoms with E-state index in [0.717, 1.165) is 6.54 Å². The zero-order valence-electron chi connectivity index (χ0n) is 19.2. The number of ether oxygens (including phenoxy) is 1. The summed E-state index contributed by atoms with van der Waals surface area (Å²) in [7, 11) is 1.21. The number of methoxy groups -OCH3 is 1. The molecule has 2 fully saturated rings. The van der Waals surface area contributed by atoms with Crippen LogP contribution in [0.5, 0.6) is 0 Å². The predicted octanol–water partition coefficient (Wildman–Crippen LogP) is 6.75. The summed E-state index contributed by atoms with van der Waals surface area (Å²) >= 11 is 0. The van der Waals surface area contributed by atoms with Crippen molar-refractivity contribution < 1.29 is 31.1 Å². The van der Waals surface area contributed by atoms with E-state index in [9.17, 15) is 26.3 Å². The molecule has 2 saturated heterocycles. The van der Waals surface area contributed by atoms with Crippen molar-refractivity contribution in [2.24, 2.45) is 5.73 Å². The first-order valence-corrected chi connectivity index (χ1v) is 11.2. The van der Waals surface area contributed by atoms with E-state index in [1.54, 1.807) is 0 Å². The molecule has 2 N–H and O–H groups in total. The van der Waals surface area contributed by atoms with Crippen LogP contribution < -0.4 is 5.73 Å². The summed E-state index contributed by atoms with van der Waals surface area (Å²) in [6, 6.07) is 12.9. The van der Waals surface area contributed by atoms with Gasteiger partial charge in [-0.2, -0.15) is 26.3 Å². The van der Waals surface area contributed by atoms with Crippen molar-refractivity contribution in [3.8, 4) is 0 Å². The summed E-state index contributed by atoms with van der Waals surface area (Å²) in [5, 5.41) is 0. The maximum Gasteiger partial charge on any atom is 0.416 e. The van der Waals surface area contributed by atoms with E-state index in [1.807, 2.05) is 0 Å².